The largest absolute Gasteiger partial charge is 0.355 e. The van der Waals surface area contributed by atoms with Gasteiger partial charge in [0.25, 0.3) is 0 Å². The molecule has 2 aliphatic rings. The Morgan fingerprint density at radius 2 is 2.25 bits per heavy atom. The maximum absolute atomic E-state index is 4.84. The van der Waals surface area contributed by atoms with E-state index in [-0.39, 0.29) is 0 Å². The second-order valence-corrected chi connectivity index (χ2v) is 7.32. The minimum Gasteiger partial charge on any atom is -0.355 e. The molecule has 110 valence electrons. The first kappa shape index (κ1) is 14.2. The van der Waals surface area contributed by atoms with Crippen molar-refractivity contribution in [3.8, 4) is 0 Å². The quantitative estimate of drug-likeness (QED) is 0.903. The van der Waals surface area contributed by atoms with Crippen LogP contribution in [0, 0.1) is 6.92 Å². The first-order valence-corrected chi connectivity index (χ1v) is 8.87. The third kappa shape index (κ3) is 3.47. The first-order chi connectivity index (χ1) is 9.76. The fourth-order valence-electron chi connectivity index (χ4n) is 2.66. The van der Waals surface area contributed by atoms with E-state index >= 15 is 0 Å². The minimum absolute atomic E-state index is 0.763. The van der Waals surface area contributed by atoms with E-state index in [1.807, 2.05) is 0 Å². The molecule has 1 aromatic rings. The van der Waals surface area contributed by atoms with E-state index in [1.54, 1.807) is 0 Å². The summed E-state index contributed by atoms with van der Waals surface area (Å²) in [5.41, 5.74) is 2.53. The van der Waals surface area contributed by atoms with Crippen molar-refractivity contribution in [1.29, 1.82) is 0 Å². The number of anilines is 1. The van der Waals surface area contributed by atoms with Gasteiger partial charge in [0.05, 0.1) is 0 Å². The monoisotopic (exact) mass is 291 g/mol. The zero-order chi connectivity index (χ0) is 13.9. The molecule has 20 heavy (non-hydrogen) atoms. The summed E-state index contributed by atoms with van der Waals surface area (Å²) in [5, 5.41) is 4.34. The van der Waals surface area contributed by atoms with Crippen molar-refractivity contribution >= 4 is 17.6 Å². The molecule has 1 aliphatic heterocycles. The van der Waals surface area contributed by atoms with Gasteiger partial charge in [-0.25, -0.2) is 4.98 Å². The highest BCUT2D eigenvalue weighted by atomic mass is 32.2. The third-order valence-corrected chi connectivity index (χ3v) is 5.63. The Kier molecular flexibility index (Phi) is 4.51. The molecule has 0 spiro atoms. The molecular weight excluding hydrogens is 266 g/mol. The normalized spacial score (nSPS) is 23.1. The van der Waals surface area contributed by atoms with Crippen LogP contribution in [-0.4, -0.2) is 35.1 Å². The van der Waals surface area contributed by atoms with Gasteiger partial charge in [-0.3, -0.25) is 0 Å². The number of hydrogen-bond acceptors (Lipinski definition) is 4. The molecule has 1 aliphatic carbocycles. The molecule has 2 fully saturated rings. The van der Waals surface area contributed by atoms with Gasteiger partial charge in [0.15, 0.2) is 0 Å². The van der Waals surface area contributed by atoms with Crippen LogP contribution in [0.2, 0.25) is 0 Å². The molecular formula is C16H25N3S. The molecule has 3 rings (SSSR count). The van der Waals surface area contributed by atoms with Gasteiger partial charge in [0.2, 0.25) is 0 Å². The highest BCUT2D eigenvalue weighted by Crippen LogP contribution is 2.25. The van der Waals surface area contributed by atoms with Crippen LogP contribution < -0.4 is 10.2 Å². The summed E-state index contributed by atoms with van der Waals surface area (Å²) in [6.07, 6.45) is 3.94. The summed E-state index contributed by atoms with van der Waals surface area (Å²) in [6.45, 7) is 7.67. The first-order valence-electron chi connectivity index (χ1n) is 7.82. The summed E-state index contributed by atoms with van der Waals surface area (Å²) < 4.78 is 0. The number of nitrogens with zero attached hydrogens (tertiary/aromatic N) is 2. The molecule has 1 aromatic heterocycles. The maximum Gasteiger partial charge on any atom is 0.128 e. The molecule has 1 saturated heterocycles. The molecule has 1 N–H and O–H groups in total. The van der Waals surface area contributed by atoms with Crippen LogP contribution in [0.1, 0.15) is 37.4 Å². The molecule has 0 radical (unpaired) electrons. The van der Waals surface area contributed by atoms with E-state index < -0.39 is 0 Å². The van der Waals surface area contributed by atoms with Crippen LogP contribution in [0.5, 0.6) is 0 Å². The van der Waals surface area contributed by atoms with Crippen molar-refractivity contribution in [2.75, 3.05) is 23.7 Å². The Balaban J connectivity index is 1.65. The van der Waals surface area contributed by atoms with E-state index in [0.29, 0.717) is 0 Å². The fraction of sp³-hybridized carbons (Fsp3) is 0.688. The second-order valence-electron chi connectivity index (χ2n) is 5.92. The zero-order valence-electron chi connectivity index (χ0n) is 12.6. The molecule has 0 bridgehead atoms. The van der Waals surface area contributed by atoms with Gasteiger partial charge >= 0.3 is 0 Å². The Morgan fingerprint density at radius 3 is 2.95 bits per heavy atom. The number of aryl methyl sites for hydroxylation is 1. The SMILES string of the molecule is CCC1CN(c2ccc(CNC3CC3)c(C)n2)CCS1. The average Bonchev–Trinajstić information content (AvgIpc) is 3.30. The highest BCUT2D eigenvalue weighted by Gasteiger charge is 2.22. The lowest BCUT2D eigenvalue weighted by Gasteiger charge is -2.33. The standard InChI is InChI=1S/C16H25N3S/c1-3-15-11-19(8-9-20-15)16-7-4-13(12(2)18-16)10-17-14-5-6-14/h4,7,14-15,17H,3,5-6,8-11H2,1-2H3. The van der Waals surface area contributed by atoms with Crippen LogP contribution in [-0.2, 0) is 6.54 Å². The zero-order valence-corrected chi connectivity index (χ0v) is 13.4. The van der Waals surface area contributed by atoms with E-state index in [2.05, 4.69) is 48.0 Å². The summed E-state index contributed by atoms with van der Waals surface area (Å²) in [4.78, 5) is 7.29. The second kappa shape index (κ2) is 6.35. The third-order valence-electron chi connectivity index (χ3n) is 4.26. The predicted octanol–water partition coefficient (Wildman–Crippen LogP) is 2.97. The van der Waals surface area contributed by atoms with Crippen LogP contribution in [0.25, 0.3) is 0 Å². The molecule has 0 aromatic carbocycles. The van der Waals surface area contributed by atoms with Gasteiger partial charge in [-0.15, -0.1) is 0 Å². The Bertz CT molecular complexity index is 459. The Morgan fingerprint density at radius 1 is 1.40 bits per heavy atom. The molecule has 2 heterocycles. The molecule has 1 unspecified atom stereocenters. The van der Waals surface area contributed by atoms with E-state index in [1.165, 1.54) is 36.3 Å². The fourth-order valence-corrected chi connectivity index (χ4v) is 3.84. The summed E-state index contributed by atoms with van der Waals surface area (Å²) >= 11 is 2.11. The smallest absolute Gasteiger partial charge is 0.128 e. The van der Waals surface area contributed by atoms with Crippen LogP contribution in [0.15, 0.2) is 12.1 Å². The van der Waals surface area contributed by atoms with Crippen molar-refractivity contribution in [2.45, 2.75) is 50.9 Å². The lowest BCUT2D eigenvalue weighted by atomic mass is 10.2. The number of pyridine rings is 1. The lowest BCUT2D eigenvalue weighted by molar-refractivity contribution is 0.679. The average molecular weight is 291 g/mol. The molecule has 1 atom stereocenters. The predicted molar refractivity (Wildman–Crippen MR) is 87.6 cm³/mol. The Hall–Kier alpha value is -0.740. The van der Waals surface area contributed by atoms with Crippen molar-refractivity contribution < 1.29 is 0 Å². The Labute approximate surface area is 126 Å². The summed E-state index contributed by atoms with van der Waals surface area (Å²) in [5.74, 6) is 2.39. The minimum atomic E-state index is 0.763. The molecule has 3 nitrogen and oxygen atoms in total. The van der Waals surface area contributed by atoms with E-state index in [9.17, 15) is 0 Å². The van der Waals surface area contributed by atoms with E-state index in [4.69, 9.17) is 4.98 Å². The van der Waals surface area contributed by atoms with Gasteiger partial charge < -0.3 is 10.2 Å². The lowest BCUT2D eigenvalue weighted by Crippen LogP contribution is -2.38. The molecule has 4 heteroatoms. The van der Waals surface area contributed by atoms with Crippen LogP contribution in [0.3, 0.4) is 0 Å². The number of aromatic nitrogens is 1. The maximum atomic E-state index is 4.84. The van der Waals surface area contributed by atoms with Crippen molar-refractivity contribution in [2.24, 2.45) is 0 Å². The summed E-state index contributed by atoms with van der Waals surface area (Å²) in [7, 11) is 0. The van der Waals surface area contributed by atoms with Gasteiger partial charge in [-0.1, -0.05) is 13.0 Å². The van der Waals surface area contributed by atoms with Crippen molar-refractivity contribution in [3.63, 3.8) is 0 Å². The van der Waals surface area contributed by atoms with E-state index in [0.717, 1.165) is 36.7 Å². The van der Waals surface area contributed by atoms with Gasteiger partial charge in [0.1, 0.15) is 5.82 Å². The number of hydrogen-bond donors (Lipinski definition) is 1. The topological polar surface area (TPSA) is 28.2 Å². The van der Waals surface area contributed by atoms with Crippen LogP contribution >= 0.6 is 11.8 Å². The highest BCUT2D eigenvalue weighted by molar-refractivity contribution is 8.00. The van der Waals surface area contributed by atoms with Gasteiger partial charge in [-0.05, 0) is 37.8 Å². The number of nitrogens with one attached hydrogen (secondary N) is 1. The molecule has 0 amide bonds. The van der Waals surface area contributed by atoms with Gasteiger partial charge in [0, 0.05) is 42.4 Å². The number of rotatable bonds is 5. The van der Waals surface area contributed by atoms with Crippen molar-refractivity contribution in [1.82, 2.24) is 10.3 Å². The van der Waals surface area contributed by atoms with Gasteiger partial charge in [-0.2, -0.15) is 11.8 Å². The van der Waals surface area contributed by atoms with Crippen molar-refractivity contribution in [3.05, 3.63) is 23.4 Å². The summed E-state index contributed by atoms with van der Waals surface area (Å²) in [6, 6.07) is 5.23. The van der Waals surface area contributed by atoms with Crippen LogP contribution in [0.4, 0.5) is 5.82 Å². The molecule has 1 saturated carbocycles. The number of thioether (sulfide) groups is 1.